The second-order valence-corrected chi connectivity index (χ2v) is 6.16. The quantitative estimate of drug-likeness (QED) is 0.741. The van der Waals surface area contributed by atoms with Crippen LogP contribution in [0.25, 0.3) is 5.69 Å². The second-order valence-electron chi connectivity index (χ2n) is 5.24. The topological polar surface area (TPSA) is 59.8 Å². The highest BCUT2D eigenvalue weighted by molar-refractivity contribution is 9.10. The van der Waals surface area contributed by atoms with E-state index in [0.717, 1.165) is 10.2 Å². The summed E-state index contributed by atoms with van der Waals surface area (Å²) >= 11 is 3.38. The van der Waals surface area contributed by atoms with Crippen LogP contribution in [0.2, 0.25) is 0 Å². The molecule has 0 aliphatic rings. The summed E-state index contributed by atoms with van der Waals surface area (Å²) in [6.45, 7) is 1.72. The Morgan fingerprint density at radius 1 is 1.25 bits per heavy atom. The normalized spacial score (nSPS) is 12.0. The van der Waals surface area contributed by atoms with E-state index in [4.69, 9.17) is 0 Å². The Labute approximate surface area is 146 Å². The monoisotopic (exact) mass is 388 g/mol. The standard InChI is InChI=1S/C17H14BrFN4O/c1-11(14-7-2-3-8-15(14)19)20-17(24)16-10-23(22-21-16)13-6-4-5-12(18)9-13/h2-11H,1H3,(H,20,24)/t11-/m1/s1. The fraction of sp³-hybridized carbons (Fsp3) is 0.118. The van der Waals surface area contributed by atoms with Gasteiger partial charge in [0.1, 0.15) is 5.82 Å². The van der Waals surface area contributed by atoms with Crippen LogP contribution in [0, 0.1) is 5.82 Å². The average Bonchev–Trinajstić information content (AvgIpc) is 3.05. The van der Waals surface area contributed by atoms with Gasteiger partial charge in [0.25, 0.3) is 5.91 Å². The van der Waals surface area contributed by atoms with E-state index in [0.29, 0.717) is 5.56 Å². The molecule has 1 amide bonds. The van der Waals surface area contributed by atoms with Crippen LogP contribution in [0.1, 0.15) is 29.0 Å². The van der Waals surface area contributed by atoms with Crippen LogP contribution in [0.3, 0.4) is 0 Å². The van der Waals surface area contributed by atoms with Crippen LogP contribution in [-0.4, -0.2) is 20.9 Å². The lowest BCUT2D eigenvalue weighted by Crippen LogP contribution is -2.27. The molecule has 0 aliphatic heterocycles. The second kappa shape index (κ2) is 6.92. The minimum Gasteiger partial charge on any atom is -0.344 e. The molecule has 0 spiro atoms. The molecule has 122 valence electrons. The summed E-state index contributed by atoms with van der Waals surface area (Å²) in [5, 5.41) is 10.6. The Morgan fingerprint density at radius 3 is 2.79 bits per heavy atom. The molecule has 24 heavy (non-hydrogen) atoms. The maximum absolute atomic E-state index is 13.8. The van der Waals surface area contributed by atoms with Crippen molar-refractivity contribution in [2.24, 2.45) is 0 Å². The zero-order valence-corrected chi connectivity index (χ0v) is 14.4. The predicted octanol–water partition coefficient (Wildman–Crippen LogP) is 3.66. The van der Waals surface area contributed by atoms with E-state index >= 15 is 0 Å². The van der Waals surface area contributed by atoms with Gasteiger partial charge < -0.3 is 5.32 Å². The van der Waals surface area contributed by atoms with E-state index in [2.05, 4.69) is 31.6 Å². The molecule has 0 saturated heterocycles. The zero-order valence-electron chi connectivity index (χ0n) is 12.8. The third kappa shape index (κ3) is 3.51. The van der Waals surface area contributed by atoms with Crippen molar-refractivity contribution in [3.63, 3.8) is 0 Å². The van der Waals surface area contributed by atoms with Crippen LogP contribution in [0.5, 0.6) is 0 Å². The third-order valence-electron chi connectivity index (χ3n) is 3.52. The fourth-order valence-corrected chi connectivity index (χ4v) is 2.67. The van der Waals surface area contributed by atoms with Gasteiger partial charge in [0, 0.05) is 10.0 Å². The van der Waals surface area contributed by atoms with Gasteiger partial charge in [-0.15, -0.1) is 5.10 Å². The lowest BCUT2D eigenvalue weighted by Gasteiger charge is -2.13. The maximum Gasteiger partial charge on any atom is 0.273 e. The van der Waals surface area contributed by atoms with E-state index < -0.39 is 11.9 Å². The highest BCUT2D eigenvalue weighted by Gasteiger charge is 2.17. The van der Waals surface area contributed by atoms with Crippen LogP contribution in [0.4, 0.5) is 4.39 Å². The number of nitrogens with zero attached hydrogens (tertiary/aromatic N) is 3. The number of rotatable bonds is 4. The summed E-state index contributed by atoms with van der Waals surface area (Å²) in [5.41, 5.74) is 1.36. The highest BCUT2D eigenvalue weighted by atomic mass is 79.9. The van der Waals surface area contributed by atoms with Gasteiger partial charge in [-0.2, -0.15) is 0 Å². The van der Waals surface area contributed by atoms with Gasteiger partial charge in [0.2, 0.25) is 0 Å². The number of amides is 1. The molecule has 1 heterocycles. The van der Waals surface area contributed by atoms with Gasteiger partial charge >= 0.3 is 0 Å². The van der Waals surface area contributed by atoms with E-state index in [1.165, 1.54) is 16.9 Å². The third-order valence-corrected chi connectivity index (χ3v) is 4.01. The van der Waals surface area contributed by atoms with E-state index in [9.17, 15) is 9.18 Å². The van der Waals surface area contributed by atoms with Crippen molar-refractivity contribution < 1.29 is 9.18 Å². The highest BCUT2D eigenvalue weighted by Crippen LogP contribution is 2.17. The Bertz CT molecular complexity index is 880. The molecular weight excluding hydrogens is 375 g/mol. The van der Waals surface area contributed by atoms with E-state index in [1.807, 2.05) is 24.3 Å². The predicted molar refractivity (Wildman–Crippen MR) is 91.3 cm³/mol. The van der Waals surface area contributed by atoms with Crippen molar-refractivity contribution >= 4 is 21.8 Å². The van der Waals surface area contributed by atoms with Gasteiger partial charge in [-0.1, -0.05) is 45.4 Å². The molecule has 3 rings (SSSR count). The van der Waals surface area contributed by atoms with Gasteiger partial charge in [-0.3, -0.25) is 4.79 Å². The maximum atomic E-state index is 13.8. The average molecular weight is 389 g/mol. The number of nitrogens with one attached hydrogen (secondary N) is 1. The lowest BCUT2D eigenvalue weighted by atomic mass is 10.1. The van der Waals surface area contributed by atoms with Gasteiger partial charge in [-0.25, -0.2) is 9.07 Å². The summed E-state index contributed by atoms with van der Waals surface area (Å²) < 4.78 is 16.2. The Morgan fingerprint density at radius 2 is 2.04 bits per heavy atom. The van der Waals surface area contributed by atoms with Crippen molar-refractivity contribution in [2.75, 3.05) is 0 Å². The minimum absolute atomic E-state index is 0.165. The Hall–Kier alpha value is -2.54. The smallest absolute Gasteiger partial charge is 0.273 e. The number of halogens is 2. The number of benzene rings is 2. The van der Waals surface area contributed by atoms with Crippen molar-refractivity contribution in [2.45, 2.75) is 13.0 Å². The molecule has 7 heteroatoms. The van der Waals surface area contributed by atoms with Crippen LogP contribution < -0.4 is 5.32 Å². The molecular formula is C17H14BrFN4O. The number of carbonyl (C=O) groups is 1. The first-order chi connectivity index (χ1) is 11.5. The number of carbonyl (C=O) groups excluding carboxylic acids is 1. The SMILES string of the molecule is C[C@@H](NC(=O)c1cn(-c2cccc(Br)c2)nn1)c1ccccc1F. The first-order valence-electron chi connectivity index (χ1n) is 7.28. The van der Waals surface area contributed by atoms with Gasteiger partial charge in [0.05, 0.1) is 17.9 Å². The first-order valence-corrected chi connectivity index (χ1v) is 8.07. The zero-order chi connectivity index (χ0) is 17.1. The molecule has 0 radical (unpaired) electrons. The molecule has 0 saturated carbocycles. The molecule has 2 aromatic carbocycles. The van der Waals surface area contributed by atoms with Gasteiger partial charge in [-0.05, 0) is 31.2 Å². The summed E-state index contributed by atoms with van der Waals surface area (Å²) in [6, 6.07) is 13.3. The summed E-state index contributed by atoms with van der Waals surface area (Å²) in [4.78, 5) is 12.3. The molecule has 1 atom stereocenters. The van der Waals surface area contributed by atoms with Crippen molar-refractivity contribution in [1.82, 2.24) is 20.3 Å². The molecule has 0 unspecified atom stereocenters. The van der Waals surface area contributed by atoms with Crippen molar-refractivity contribution in [3.8, 4) is 5.69 Å². The van der Waals surface area contributed by atoms with Gasteiger partial charge in [0.15, 0.2) is 5.69 Å². The molecule has 0 fully saturated rings. The molecule has 5 nitrogen and oxygen atoms in total. The van der Waals surface area contributed by atoms with Crippen LogP contribution >= 0.6 is 15.9 Å². The molecule has 3 aromatic rings. The molecule has 1 aromatic heterocycles. The molecule has 0 aliphatic carbocycles. The Balaban J connectivity index is 1.76. The summed E-state index contributed by atoms with van der Waals surface area (Å²) in [5.74, 6) is -0.768. The van der Waals surface area contributed by atoms with Crippen LogP contribution in [0.15, 0.2) is 59.2 Å². The largest absolute Gasteiger partial charge is 0.344 e. The Kier molecular flexibility index (Phi) is 4.71. The number of hydrogen-bond donors (Lipinski definition) is 1. The van der Waals surface area contributed by atoms with E-state index in [1.54, 1.807) is 25.1 Å². The summed E-state index contributed by atoms with van der Waals surface area (Å²) in [7, 11) is 0. The van der Waals surface area contributed by atoms with Crippen molar-refractivity contribution in [1.29, 1.82) is 0 Å². The number of aromatic nitrogens is 3. The van der Waals surface area contributed by atoms with E-state index in [-0.39, 0.29) is 11.5 Å². The van der Waals surface area contributed by atoms with Crippen molar-refractivity contribution in [3.05, 3.63) is 76.3 Å². The molecule has 1 N–H and O–H groups in total. The summed E-state index contributed by atoms with van der Waals surface area (Å²) in [6.07, 6.45) is 1.53. The lowest BCUT2D eigenvalue weighted by molar-refractivity contribution is 0.0934. The minimum atomic E-state index is -0.477. The molecule has 0 bridgehead atoms. The van der Waals surface area contributed by atoms with Crippen LogP contribution in [-0.2, 0) is 0 Å². The number of hydrogen-bond acceptors (Lipinski definition) is 3. The first kappa shape index (κ1) is 16.3. The fourth-order valence-electron chi connectivity index (χ4n) is 2.29.